The number of allylic oxidation sites excluding steroid dienone is 1. The van der Waals surface area contributed by atoms with Gasteiger partial charge in [-0.25, -0.2) is 0 Å². The van der Waals surface area contributed by atoms with Gasteiger partial charge >= 0.3 is 11.9 Å². The molecule has 158 valence electrons. The molecular weight excluding hydrogens is 376 g/mol. The van der Waals surface area contributed by atoms with Crippen molar-refractivity contribution in [3.63, 3.8) is 0 Å². The van der Waals surface area contributed by atoms with Crippen molar-refractivity contribution < 1.29 is 34.8 Å². The molecule has 4 aliphatic carbocycles. The summed E-state index contributed by atoms with van der Waals surface area (Å²) in [4.78, 5) is 35.4. The topological polar surface area (TPSA) is 132 Å². The number of aliphatic hydroxyl groups is 2. The van der Waals surface area contributed by atoms with Crippen LogP contribution in [0.15, 0.2) is 23.3 Å². The van der Waals surface area contributed by atoms with Gasteiger partial charge in [-0.3, -0.25) is 14.4 Å². The number of fused-ring (bicyclic) bond motifs is 5. The number of carboxylic acid groups (broad SMARTS) is 2. The first-order valence-electron chi connectivity index (χ1n) is 10.3. The number of rotatable bonds is 4. The Kier molecular flexibility index (Phi) is 4.55. The minimum Gasteiger partial charge on any atom is -0.481 e. The number of carbonyl (C=O) groups excluding carboxylic acids is 1. The molecule has 0 amide bonds. The van der Waals surface area contributed by atoms with Crippen LogP contribution in [0.4, 0.5) is 0 Å². The van der Waals surface area contributed by atoms with Crippen molar-refractivity contribution in [3.8, 4) is 0 Å². The lowest BCUT2D eigenvalue weighted by atomic mass is 9.49. The molecule has 29 heavy (non-hydrogen) atoms. The Hall–Kier alpha value is -1.99. The third kappa shape index (κ3) is 3.15. The number of hydrogen-bond acceptors (Lipinski definition) is 5. The molecule has 0 aromatic heterocycles. The van der Waals surface area contributed by atoms with Crippen LogP contribution in [0.1, 0.15) is 58.3 Å². The first-order valence-corrected chi connectivity index (χ1v) is 10.3. The van der Waals surface area contributed by atoms with Gasteiger partial charge in [0.1, 0.15) is 5.78 Å². The first kappa shape index (κ1) is 20.3. The van der Waals surface area contributed by atoms with Crippen LogP contribution >= 0.6 is 0 Å². The van der Waals surface area contributed by atoms with Crippen molar-refractivity contribution >= 4 is 17.7 Å². The molecule has 0 heterocycles. The molecule has 7 heteroatoms. The molecule has 7 nitrogen and oxygen atoms in total. The Labute approximate surface area is 169 Å². The van der Waals surface area contributed by atoms with Gasteiger partial charge in [-0.2, -0.15) is 0 Å². The molecule has 0 saturated heterocycles. The number of aliphatic carboxylic acids is 2. The van der Waals surface area contributed by atoms with E-state index >= 15 is 0 Å². The predicted molar refractivity (Wildman–Crippen MR) is 102 cm³/mol. The van der Waals surface area contributed by atoms with Gasteiger partial charge in [0.25, 0.3) is 0 Å². The molecule has 0 aromatic carbocycles. The summed E-state index contributed by atoms with van der Waals surface area (Å²) in [7, 11) is 0. The zero-order valence-electron chi connectivity index (χ0n) is 16.6. The summed E-state index contributed by atoms with van der Waals surface area (Å²) in [5.41, 5.74) is -1.94. The van der Waals surface area contributed by atoms with E-state index in [2.05, 4.69) is 0 Å². The lowest BCUT2D eigenvalue weighted by Crippen LogP contribution is -2.57. The fraction of sp³-hybridized carbons (Fsp3) is 0.682. The minimum absolute atomic E-state index is 0.0506. The highest BCUT2D eigenvalue weighted by Gasteiger charge is 2.62. The standard InChI is InChI=1S/C22H28O7/c1-20-6-4-14-13-5-7-21(28,10-17(24)25)8-12(13)9-22(29,11-18(26)27)19(14)15(20)2-3-16(20)23/h5,8,14-15,19,28-29H,2-4,6-7,9-11H2,1H3,(H,24,25)(H,26,27)/t14-,15+,19-,20+,21?,22?/m1/s1. The number of carboxylic acids is 2. The monoisotopic (exact) mass is 404 g/mol. The van der Waals surface area contributed by atoms with Crippen LogP contribution in [0.5, 0.6) is 0 Å². The van der Waals surface area contributed by atoms with Crippen LogP contribution in [0, 0.1) is 23.2 Å². The van der Waals surface area contributed by atoms with Gasteiger partial charge in [0, 0.05) is 18.3 Å². The second-order valence-corrected chi connectivity index (χ2v) is 9.71. The van der Waals surface area contributed by atoms with Crippen LogP contribution in [0.25, 0.3) is 0 Å². The van der Waals surface area contributed by atoms with E-state index < -0.39 is 41.4 Å². The molecule has 0 aliphatic heterocycles. The maximum atomic E-state index is 12.6. The maximum absolute atomic E-state index is 12.6. The normalized spacial score (nSPS) is 43.6. The van der Waals surface area contributed by atoms with Gasteiger partial charge < -0.3 is 20.4 Å². The summed E-state index contributed by atoms with van der Waals surface area (Å²) >= 11 is 0. The summed E-state index contributed by atoms with van der Waals surface area (Å²) in [5, 5.41) is 41.0. The van der Waals surface area contributed by atoms with E-state index in [0.717, 1.165) is 5.57 Å². The number of ketones is 1. The second-order valence-electron chi connectivity index (χ2n) is 9.71. The molecule has 4 aliphatic rings. The van der Waals surface area contributed by atoms with Crippen molar-refractivity contribution in [1.82, 2.24) is 0 Å². The minimum atomic E-state index is -1.53. The average molecular weight is 404 g/mol. The van der Waals surface area contributed by atoms with Gasteiger partial charge in [0.15, 0.2) is 0 Å². The summed E-state index contributed by atoms with van der Waals surface area (Å²) in [6.07, 6.45) is 5.24. The van der Waals surface area contributed by atoms with Gasteiger partial charge in [0.05, 0.1) is 24.0 Å². The van der Waals surface area contributed by atoms with Crippen LogP contribution in [-0.4, -0.2) is 49.4 Å². The van der Waals surface area contributed by atoms with E-state index in [-0.39, 0.29) is 36.4 Å². The molecule has 0 aromatic rings. The molecule has 0 spiro atoms. The summed E-state index contributed by atoms with van der Waals surface area (Å²) in [6, 6.07) is 0. The van der Waals surface area contributed by atoms with E-state index in [1.54, 1.807) is 0 Å². The zero-order valence-corrected chi connectivity index (χ0v) is 16.6. The highest BCUT2D eigenvalue weighted by molar-refractivity contribution is 5.87. The van der Waals surface area contributed by atoms with Crippen LogP contribution in [0.2, 0.25) is 0 Å². The molecule has 3 saturated carbocycles. The first-order chi connectivity index (χ1) is 13.5. The third-order valence-electron chi connectivity index (χ3n) is 7.90. The van der Waals surface area contributed by atoms with E-state index in [1.807, 2.05) is 13.0 Å². The highest BCUT2D eigenvalue weighted by atomic mass is 16.4. The summed E-state index contributed by atoms with van der Waals surface area (Å²) in [5.74, 6) is -2.51. The van der Waals surface area contributed by atoms with Crippen molar-refractivity contribution in [2.75, 3.05) is 0 Å². The average Bonchev–Trinajstić information content (AvgIpc) is 2.87. The smallest absolute Gasteiger partial charge is 0.306 e. The van der Waals surface area contributed by atoms with Crippen molar-refractivity contribution in [2.45, 2.75) is 69.5 Å². The van der Waals surface area contributed by atoms with Crippen molar-refractivity contribution in [2.24, 2.45) is 23.2 Å². The van der Waals surface area contributed by atoms with Gasteiger partial charge in [0.2, 0.25) is 0 Å². The lowest BCUT2D eigenvalue weighted by Gasteiger charge is -2.56. The number of carbonyl (C=O) groups is 3. The number of Topliss-reactive ketones (excluding diaryl/α,β-unsaturated/α-hetero) is 1. The maximum Gasteiger partial charge on any atom is 0.306 e. The van der Waals surface area contributed by atoms with Gasteiger partial charge in [-0.05, 0) is 60.7 Å². The third-order valence-corrected chi connectivity index (χ3v) is 7.90. The largest absolute Gasteiger partial charge is 0.481 e. The van der Waals surface area contributed by atoms with Crippen molar-refractivity contribution in [1.29, 1.82) is 0 Å². The molecule has 4 rings (SSSR count). The lowest BCUT2D eigenvalue weighted by molar-refractivity contribution is -0.157. The molecule has 0 radical (unpaired) electrons. The van der Waals surface area contributed by atoms with E-state index in [9.17, 15) is 29.7 Å². The molecule has 6 atom stereocenters. The summed E-state index contributed by atoms with van der Waals surface area (Å²) in [6.45, 7) is 1.95. The highest BCUT2D eigenvalue weighted by Crippen LogP contribution is 2.63. The van der Waals surface area contributed by atoms with Gasteiger partial charge in [-0.15, -0.1) is 0 Å². The Morgan fingerprint density at radius 1 is 1.14 bits per heavy atom. The number of hydrogen-bond donors (Lipinski definition) is 4. The van der Waals surface area contributed by atoms with E-state index in [1.165, 1.54) is 6.08 Å². The van der Waals surface area contributed by atoms with E-state index in [4.69, 9.17) is 5.11 Å². The predicted octanol–water partition coefficient (Wildman–Crippen LogP) is 2.07. The Bertz CT molecular complexity index is 842. The SMILES string of the molecule is C[C@]12CC[C@@H]3C4=CCC(O)(CC(=O)O)C=C4CC(O)(CC(=O)O)[C@H]3[C@@H]1CCC2=O. The Morgan fingerprint density at radius 2 is 1.83 bits per heavy atom. The van der Waals surface area contributed by atoms with Crippen molar-refractivity contribution in [3.05, 3.63) is 23.3 Å². The van der Waals surface area contributed by atoms with Gasteiger partial charge in [-0.1, -0.05) is 13.0 Å². The molecule has 2 unspecified atom stereocenters. The molecule has 0 bridgehead atoms. The fourth-order valence-corrected chi connectivity index (χ4v) is 6.71. The quantitative estimate of drug-likeness (QED) is 0.564. The van der Waals surface area contributed by atoms with Crippen LogP contribution in [-0.2, 0) is 14.4 Å². The van der Waals surface area contributed by atoms with Crippen LogP contribution < -0.4 is 0 Å². The Balaban J connectivity index is 1.76. The zero-order chi connectivity index (χ0) is 21.2. The molecule has 4 N–H and O–H groups in total. The summed E-state index contributed by atoms with van der Waals surface area (Å²) < 4.78 is 0. The molecular formula is C22H28O7. The fourth-order valence-electron chi connectivity index (χ4n) is 6.71. The van der Waals surface area contributed by atoms with E-state index in [0.29, 0.717) is 31.3 Å². The van der Waals surface area contributed by atoms with Crippen LogP contribution in [0.3, 0.4) is 0 Å². The second kappa shape index (κ2) is 6.51. The Morgan fingerprint density at radius 3 is 2.48 bits per heavy atom. The molecule has 3 fully saturated rings.